The molecule has 0 spiro atoms. The van der Waals surface area contributed by atoms with E-state index in [1.807, 2.05) is 41.3 Å². The topological polar surface area (TPSA) is 59.0 Å². The van der Waals surface area contributed by atoms with Crippen molar-refractivity contribution in [2.75, 3.05) is 0 Å². The second-order valence-electron chi connectivity index (χ2n) is 5.76. The van der Waals surface area contributed by atoms with Crippen LogP contribution in [-0.4, -0.2) is 31.8 Å². The van der Waals surface area contributed by atoms with Gasteiger partial charge in [-0.25, -0.2) is 4.98 Å². The summed E-state index contributed by atoms with van der Waals surface area (Å²) in [5, 5.41) is 0. The van der Waals surface area contributed by atoms with Gasteiger partial charge in [-0.1, -0.05) is 12.1 Å². The summed E-state index contributed by atoms with van der Waals surface area (Å²) < 4.78 is 0. The Kier molecular flexibility index (Phi) is 3.46. The van der Waals surface area contributed by atoms with E-state index < -0.39 is 0 Å². The van der Waals surface area contributed by atoms with Gasteiger partial charge in [0.15, 0.2) is 0 Å². The van der Waals surface area contributed by atoms with Crippen LogP contribution in [0.3, 0.4) is 0 Å². The SMILES string of the molecule is O=C(c1cnc2ccccc2n1)N(Cc1ccncc1)C1CC1. The number of amides is 1. The van der Waals surface area contributed by atoms with Gasteiger partial charge in [0.2, 0.25) is 0 Å². The lowest BCUT2D eigenvalue weighted by molar-refractivity contribution is 0.0724. The fraction of sp³-hybridized carbons (Fsp3) is 0.222. The Balaban J connectivity index is 1.63. The van der Waals surface area contributed by atoms with Crippen LogP contribution >= 0.6 is 0 Å². The first-order chi connectivity index (χ1) is 11.3. The third-order valence-electron chi connectivity index (χ3n) is 4.02. The van der Waals surface area contributed by atoms with Gasteiger partial charge >= 0.3 is 0 Å². The first kappa shape index (κ1) is 13.8. The fourth-order valence-corrected chi connectivity index (χ4v) is 2.65. The molecular weight excluding hydrogens is 288 g/mol. The second-order valence-corrected chi connectivity index (χ2v) is 5.76. The zero-order valence-electron chi connectivity index (χ0n) is 12.6. The summed E-state index contributed by atoms with van der Waals surface area (Å²) in [6, 6.07) is 11.8. The quantitative estimate of drug-likeness (QED) is 0.743. The highest BCUT2D eigenvalue weighted by atomic mass is 16.2. The van der Waals surface area contributed by atoms with Crippen LogP contribution < -0.4 is 0 Å². The van der Waals surface area contributed by atoms with Crippen LogP contribution in [0.4, 0.5) is 0 Å². The number of rotatable bonds is 4. The van der Waals surface area contributed by atoms with Gasteiger partial charge in [0.1, 0.15) is 5.69 Å². The second kappa shape index (κ2) is 5.76. The normalized spacial score (nSPS) is 13.9. The Labute approximate surface area is 134 Å². The number of carbonyl (C=O) groups is 1. The number of aromatic nitrogens is 3. The Hall–Kier alpha value is -2.82. The van der Waals surface area contributed by atoms with Crippen molar-refractivity contribution in [1.82, 2.24) is 19.9 Å². The number of pyridine rings is 1. The summed E-state index contributed by atoms with van der Waals surface area (Å²) in [6.07, 6.45) is 7.18. The number of para-hydroxylation sites is 2. The Morgan fingerprint density at radius 2 is 1.83 bits per heavy atom. The number of carbonyl (C=O) groups excluding carboxylic acids is 1. The summed E-state index contributed by atoms with van der Waals surface area (Å²) in [7, 11) is 0. The van der Waals surface area contributed by atoms with Gasteiger partial charge in [0.05, 0.1) is 17.2 Å². The summed E-state index contributed by atoms with van der Waals surface area (Å²) in [5.41, 5.74) is 3.04. The van der Waals surface area contributed by atoms with Crippen LogP contribution in [0.25, 0.3) is 11.0 Å². The van der Waals surface area contributed by atoms with E-state index in [1.54, 1.807) is 18.6 Å². The third kappa shape index (κ3) is 2.90. The predicted octanol–water partition coefficient (Wildman–Crippen LogP) is 2.83. The molecule has 0 atom stereocenters. The van der Waals surface area contributed by atoms with Crippen LogP contribution in [-0.2, 0) is 6.54 Å². The molecule has 5 nitrogen and oxygen atoms in total. The van der Waals surface area contributed by atoms with Crippen molar-refractivity contribution in [2.45, 2.75) is 25.4 Å². The van der Waals surface area contributed by atoms with Gasteiger partial charge in [-0.15, -0.1) is 0 Å². The minimum absolute atomic E-state index is 0.0532. The maximum atomic E-state index is 12.9. The zero-order chi connectivity index (χ0) is 15.6. The first-order valence-electron chi connectivity index (χ1n) is 7.73. The number of fused-ring (bicyclic) bond motifs is 1. The van der Waals surface area contributed by atoms with E-state index in [-0.39, 0.29) is 5.91 Å². The van der Waals surface area contributed by atoms with E-state index >= 15 is 0 Å². The highest BCUT2D eigenvalue weighted by Gasteiger charge is 2.33. The van der Waals surface area contributed by atoms with Crippen molar-refractivity contribution in [3.63, 3.8) is 0 Å². The lowest BCUT2D eigenvalue weighted by atomic mass is 10.2. The lowest BCUT2D eigenvalue weighted by Gasteiger charge is -2.22. The minimum Gasteiger partial charge on any atom is -0.330 e. The standard InChI is InChI=1S/C18H16N4O/c23-18(17-11-20-15-3-1-2-4-16(15)21-17)22(14-5-6-14)12-13-7-9-19-10-8-13/h1-4,7-11,14H,5-6,12H2. The molecule has 4 rings (SSSR count). The molecular formula is C18H16N4O. The molecule has 0 aliphatic heterocycles. The average molecular weight is 304 g/mol. The lowest BCUT2D eigenvalue weighted by Crippen LogP contribution is -2.33. The average Bonchev–Trinajstić information content (AvgIpc) is 3.44. The van der Waals surface area contributed by atoms with E-state index in [2.05, 4.69) is 15.0 Å². The van der Waals surface area contributed by atoms with Crippen LogP contribution in [0.15, 0.2) is 55.0 Å². The van der Waals surface area contributed by atoms with Crippen molar-refractivity contribution in [3.05, 3.63) is 66.2 Å². The molecule has 114 valence electrons. The molecule has 1 fully saturated rings. The summed E-state index contributed by atoms with van der Waals surface area (Å²) in [4.78, 5) is 27.6. The number of hydrogen-bond donors (Lipinski definition) is 0. The third-order valence-corrected chi connectivity index (χ3v) is 4.02. The van der Waals surface area contributed by atoms with Crippen LogP contribution in [0, 0.1) is 0 Å². The van der Waals surface area contributed by atoms with E-state index in [1.165, 1.54) is 0 Å². The van der Waals surface area contributed by atoms with Crippen molar-refractivity contribution in [1.29, 1.82) is 0 Å². The van der Waals surface area contributed by atoms with Crippen molar-refractivity contribution in [2.24, 2.45) is 0 Å². The number of benzene rings is 1. The molecule has 2 heterocycles. The van der Waals surface area contributed by atoms with Crippen LogP contribution in [0.1, 0.15) is 28.9 Å². The summed E-state index contributed by atoms with van der Waals surface area (Å²) in [5.74, 6) is -0.0532. The highest BCUT2D eigenvalue weighted by molar-refractivity contribution is 5.94. The number of hydrogen-bond acceptors (Lipinski definition) is 4. The van der Waals surface area contributed by atoms with Crippen molar-refractivity contribution in [3.8, 4) is 0 Å². The molecule has 5 heteroatoms. The molecule has 0 bridgehead atoms. The molecule has 0 N–H and O–H groups in total. The smallest absolute Gasteiger partial charge is 0.274 e. The molecule has 0 saturated heterocycles. The predicted molar refractivity (Wildman–Crippen MR) is 86.7 cm³/mol. The molecule has 0 radical (unpaired) electrons. The van der Waals surface area contributed by atoms with Gasteiger partial charge < -0.3 is 4.90 Å². The molecule has 0 unspecified atom stereocenters. The number of nitrogens with zero attached hydrogens (tertiary/aromatic N) is 4. The summed E-state index contributed by atoms with van der Waals surface area (Å²) >= 11 is 0. The van der Waals surface area contributed by atoms with Gasteiger partial charge in [-0.05, 0) is 42.7 Å². The van der Waals surface area contributed by atoms with Crippen LogP contribution in [0.5, 0.6) is 0 Å². The van der Waals surface area contributed by atoms with E-state index in [9.17, 15) is 4.79 Å². The Morgan fingerprint density at radius 3 is 2.57 bits per heavy atom. The van der Waals surface area contributed by atoms with Crippen molar-refractivity contribution < 1.29 is 4.79 Å². The van der Waals surface area contributed by atoms with Gasteiger partial charge in [-0.2, -0.15) is 0 Å². The largest absolute Gasteiger partial charge is 0.330 e. The molecule has 2 aromatic heterocycles. The maximum absolute atomic E-state index is 12.9. The maximum Gasteiger partial charge on any atom is 0.274 e. The minimum atomic E-state index is -0.0532. The first-order valence-corrected chi connectivity index (χ1v) is 7.73. The molecule has 1 aliphatic rings. The van der Waals surface area contributed by atoms with Gasteiger partial charge in [0, 0.05) is 25.0 Å². The summed E-state index contributed by atoms with van der Waals surface area (Å²) in [6.45, 7) is 0.584. The fourth-order valence-electron chi connectivity index (χ4n) is 2.65. The molecule has 1 saturated carbocycles. The van der Waals surface area contributed by atoms with Gasteiger partial charge in [0.25, 0.3) is 5.91 Å². The van der Waals surface area contributed by atoms with Gasteiger partial charge in [-0.3, -0.25) is 14.8 Å². The molecule has 1 aliphatic carbocycles. The van der Waals surface area contributed by atoms with E-state index in [0.29, 0.717) is 18.3 Å². The van der Waals surface area contributed by atoms with E-state index in [0.717, 1.165) is 29.4 Å². The molecule has 23 heavy (non-hydrogen) atoms. The Bertz CT molecular complexity index is 846. The molecule has 3 aromatic rings. The zero-order valence-corrected chi connectivity index (χ0v) is 12.6. The van der Waals surface area contributed by atoms with E-state index in [4.69, 9.17) is 0 Å². The highest BCUT2D eigenvalue weighted by Crippen LogP contribution is 2.29. The molecule has 1 amide bonds. The van der Waals surface area contributed by atoms with Crippen molar-refractivity contribution >= 4 is 16.9 Å². The Morgan fingerprint density at radius 1 is 1.09 bits per heavy atom. The monoisotopic (exact) mass is 304 g/mol. The molecule has 1 aromatic carbocycles. The van der Waals surface area contributed by atoms with Crippen LogP contribution in [0.2, 0.25) is 0 Å².